The third-order valence-electron chi connectivity index (χ3n) is 4.18. The molecule has 3 nitrogen and oxygen atoms in total. The highest BCUT2D eigenvalue weighted by Gasteiger charge is 2.45. The fourth-order valence-electron chi connectivity index (χ4n) is 3.00. The van der Waals surface area contributed by atoms with Gasteiger partial charge in [-0.2, -0.15) is 0 Å². The Balaban J connectivity index is 1.73. The zero-order valence-corrected chi connectivity index (χ0v) is 11.4. The Kier molecular flexibility index (Phi) is 3.56. The summed E-state index contributed by atoms with van der Waals surface area (Å²) in [5.41, 5.74) is 4.23. The van der Waals surface area contributed by atoms with Gasteiger partial charge in [0.2, 0.25) is 0 Å². The first kappa shape index (κ1) is 12.7. The van der Waals surface area contributed by atoms with E-state index >= 15 is 0 Å². The zero-order chi connectivity index (χ0) is 13.2. The molecule has 0 spiro atoms. The van der Waals surface area contributed by atoms with Crippen LogP contribution in [0.25, 0.3) is 0 Å². The fraction of sp³-hybridized carbons (Fsp3) is 0.562. The van der Waals surface area contributed by atoms with Crippen LogP contribution in [0.4, 0.5) is 0 Å². The summed E-state index contributed by atoms with van der Waals surface area (Å²) in [5, 5.41) is 3.43. The number of hydrogen-bond donors (Lipinski definition) is 1. The number of esters is 1. The largest absolute Gasteiger partial charge is 0.466 e. The average Bonchev–Trinajstić information content (AvgIpc) is 3.22. The lowest BCUT2D eigenvalue weighted by molar-refractivity contribution is -0.144. The predicted octanol–water partition coefficient (Wildman–Crippen LogP) is 2.04. The van der Waals surface area contributed by atoms with E-state index in [1.807, 2.05) is 6.92 Å². The summed E-state index contributed by atoms with van der Waals surface area (Å²) >= 11 is 0. The number of rotatable bonds is 3. The van der Waals surface area contributed by atoms with E-state index in [2.05, 4.69) is 23.5 Å². The molecular formula is C16H21NO2. The van der Waals surface area contributed by atoms with E-state index < -0.39 is 0 Å². The van der Waals surface area contributed by atoms with Gasteiger partial charge in [-0.3, -0.25) is 4.79 Å². The Morgan fingerprint density at radius 2 is 2.11 bits per heavy atom. The molecule has 2 aliphatic rings. The Morgan fingerprint density at radius 3 is 2.89 bits per heavy atom. The van der Waals surface area contributed by atoms with Gasteiger partial charge in [-0.15, -0.1) is 0 Å². The Bertz CT molecular complexity index is 484. The van der Waals surface area contributed by atoms with Crippen molar-refractivity contribution in [1.29, 1.82) is 0 Å². The molecule has 1 aliphatic carbocycles. The van der Waals surface area contributed by atoms with Gasteiger partial charge >= 0.3 is 5.97 Å². The number of hydrogen-bond acceptors (Lipinski definition) is 3. The number of fused-ring (bicyclic) bond motifs is 1. The average molecular weight is 259 g/mol. The van der Waals surface area contributed by atoms with E-state index in [0.29, 0.717) is 12.5 Å². The fourth-order valence-corrected chi connectivity index (χ4v) is 3.00. The van der Waals surface area contributed by atoms with Crippen LogP contribution in [0.1, 0.15) is 36.0 Å². The Hall–Kier alpha value is -1.35. The van der Waals surface area contributed by atoms with Crippen LogP contribution in [0.2, 0.25) is 0 Å². The summed E-state index contributed by atoms with van der Waals surface area (Å²) in [6, 6.07) is 6.76. The van der Waals surface area contributed by atoms with Gasteiger partial charge < -0.3 is 10.1 Å². The molecule has 2 atom stereocenters. The molecule has 1 saturated carbocycles. The first-order chi connectivity index (χ1) is 9.29. The zero-order valence-electron chi connectivity index (χ0n) is 11.4. The molecule has 102 valence electrons. The van der Waals surface area contributed by atoms with Gasteiger partial charge in [-0.25, -0.2) is 0 Å². The lowest BCUT2D eigenvalue weighted by Gasteiger charge is -2.08. The molecular weight excluding hydrogens is 238 g/mol. The molecule has 1 aliphatic heterocycles. The lowest BCUT2D eigenvalue weighted by Crippen LogP contribution is -2.16. The number of ether oxygens (including phenoxy) is 1. The van der Waals surface area contributed by atoms with E-state index in [0.717, 1.165) is 32.4 Å². The summed E-state index contributed by atoms with van der Waals surface area (Å²) in [4.78, 5) is 11.7. The van der Waals surface area contributed by atoms with Crippen molar-refractivity contribution in [1.82, 2.24) is 5.32 Å². The molecule has 19 heavy (non-hydrogen) atoms. The molecule has 0 saturated heterocycles. The van der Waals surface area contributed by atoms with Crippen LogP contribution in [0.15, 0.2) is 18.2 Å². The van der Waals surface area contributed by atoms with E-state index in [9.17, 15) is 4.79 Å². The monoisotopic (exact) mass is 259 g/mol. The van der Waals surface area contributed by atoms with Crippen molar-refractivity contribution < 1.29 is 9.53 Å². The molecule has 1 N–H and O–H groups in total. The number of carbonyl (C=O) groups excluding carboxylic acids is 1. The number of benzene rings is 1. The second kappa shape index (κ2) is 5.33. The predicted molar refractivity (Wildman–Crippen MR) is 74.2 cm³/mol. The molecule has 0 bridgehead atoms. The standard InChI is InChI=1S/C16H21NO2/c1-2-19-16(18)15-10-14(15)13-4-3-11-5-7-17-8-6-12(11)9-13/h3-4,9,14-15,17H,2,5-8,10H2,1H3. The molecule has 2 unspecified atom stereocenters. The highest BCUT2D eigenvalue weighted by Crippen LogP contribution is 2.48. The summed E-state index contributed by atoms with van der Waals surface area (Å²) in [6.45, 7) is 4.48. The van der Waals surface area contributed by atoms with Crippen LogP contribution in [-0.2, 0) is 22.4 Å². The normalized spacial score (nSPS) is 25.3. The maximum Gasteiger partial charge on any atom is 0.309 e. The third kappa shape index (κ3) is 2.66. The summed E-state index contributed by atoms with van der Waals surface area (Å²) in [5.74, 6) is 0.464. The molecule has 3 rings (SSSR count). The van der Waals surface area contributed by atoms with Crippen molar-refractivity contribution in [3.63, 3.8) is 0 Å². The van der Waals surface area contributed by atoms with Crippen molar-refractivity contribution in [2.45, 2.75) is 32.1 Å². The molecule has 1 aromatic rings. The van der Waals surface area contributed by atoms with Gasteiger partial charge in [-0.1, -0.05) is 18.2 Å². The SMILES string of the molecule is CCOC(=O)C1CC1c1ccc2c(c1)CCNCC2. The van der Waals surface area contributed by atoms with Gasteiger partial charge in [0.1, 0.15) is 0 Å². The van der Waals surface area contributed by atoms with Crippen molar-refractivity contribution >= 4 is 5.97 Å². The summed E-state index contributed by atoms with van der Waals surface area (Å²) in [7, 11) is 0. The van der Waals surface area contributed by atoms with Crippen LogP contribution < -0.4 is 5.32 Å². The van der Waals surface area contributed by atoms with Gasteiger partial charge in [0.25, 0.3) is 0 Å². The second-order valence-electron chi connectivity index (χ2n) is 5.48. The van der Waals surface area contributed by atoms with Crippen molar-refractivity contribution in [3.05, 3.63) is 34.9 Å². The first-order valence-corrected chi connectivity index (χ1v) is 7.28. The Morgan fingerprint density at radius 1 is 1.32 bits per heavy atom. The molecule has 3 heteroatoms. The van der Waals surface area contributed by atoms with Crippen molar-refractivity contribution in [3.8, 4) is 0 Å². The minimum Gasteiger partial charge on any atom is -0.466 e. The molecule has 0 radical (unpaired) electrons. The molecule has 1 aromatic carbocycles. The van der Waals surface area contributed by atoms with Crippen LogP contribution in [0.5, 0.6) is 0 Å². The molecule has 1 heterocycles. The maximum absolute atomic E-state index is 11.7. The van der Waals surface area contributed by atoms with Gasteiger partial charge in [0.05, 0.1) is 12.5 Å². The van der Waals surface area contributed by atoms with Crippen molar-refractivity contribution in [2.75, 3.05) is 19.7 Å². The van der Waals surface area contributed by atoms with E-state index in [-0.39, 0.29) is 11.9 Å². The van der Waals surface area contributed by atoms with Gasteiger partial charge in [0.15, 0.2) is 0 Å². The topological polar surface area (TPSA) is 38.3 Å². The first-order valence-electron chi connectivity index (χ1n) is 7.28. The minimum atomic E-state index is -0.0240. The summed E-state index contributed by atoms with van der Waals surface area (Å²) < 4.78 is 5.10. The summed E-state index contributed by atoms with van der Waals surface area (Å²) in [6.07, 6.45) is 3.16. The second-order valence-corrected chi connectivity index (χ2v) is 5.48. The maximum atomic E-state index is 11.7. The molecule has 0 amide bonds. The van der Waals surface area contributed by atoms with Crippen LogP contribution in [0, 0.1) is 5.92 Å². The lowest BCUT2D eigenvalue weighted by atomic mass is 9.97. The number of nitrogens with one attached hydrogen (secondary N) is 1. The van der Waals surface area contributed by atoms with E-state index in [1.54, 1.807) is 0 Å². The number of carbonyl (C=O) groups is 1. The van der Waals surface area contributed by atoms with Crippen molar-refractivity contribution in [2.24, 2.45) is 5.92 Å². The third-order valence-corrected chi connectivity index (χ3v) is 4.18. The highest BCUT2D eigenvalue weighted by atomic mass is 16.5. The quantitative estimate of drug-likeness (QED) is 0.844. The highest BCUT2D eigenvalue weighted by molar-refractivity contribution is 5.77. The van der Waals surface area contributed by atoms with Crippen LogP contribution >= 0.6 is 0 Å². The van der Waals surface area contributed by atoms with Gasteiger partial charge in [0, 0.05) is 0 Å². The molecule has 0 aromatic heterocycles. The van der Waals surface area contributed by atoms with E-state index in [4.69, 9.17) is 4.74 Å². The van der Waals surface area contributed by atoms with Crippen LogP contribution in [0.3, 0.4) is 0 Å². The van der Waals surface area contributed by atoms with Crippen LogP contribution in [-0.4, -0.2) is 25.7 Å². The molecule has 1 fully saturated rings. The van der Waals surface area contributed by atoms with Gasteiger partial charge in [-0.05, 0) is 61.9 Å². The minimum absolute atomic E-state index is 0.0240. The Labute approximate surface area is 114 Å². The smallest absolute Gasteiger partial charge is 0.309 e. The van der Waals surface area contributed by atoms with E-state index in [1.165, 1.54) is 16.7 Å².